The first-order valence-corrected chi connectivity index (χ1v) is 10.5. The van der Waals surface area contributed by atoms with E-state index in [1.165, 1.54) is 0 Å². The molecule has 0 aromatic heterocycles. The molecule has 1 saturated carbocycles. The van der Waals surface area contributed by atoms with Gasteiger partial charge in [-0.25, -0.2) is 0 Å². The Morgan fingerprint density at radius 3 is 2.55 bits per heavy atom. The number of nitrogens with zero attached hydrogens (tertiary/aromatic N) is 2. The Kier molecular flexibility index (Phi) is 4.53. The molecule has 1 aliphatic heterocycles. The van der Waals surface area contributed by atoms with Crippen LogP contribution in [0.5, 0.6) is 0 Å². The van der Waals surface area contributed by atoms with Gasteiger partial charge in [0.1, 0.15) is 5.60 Å². The third-order valence-corrected chi connectivity index (χ3v) is 7.70. The van der Waals surface area contributed by atoms with E-state index in [1.807, 2.05) is 33.8 Å². The highest BCUT2D eigenvalue weighted by Gasteiger charge is 2.71. The normalized spacial score (nSPS) is 47.8. The lowest BCUT2D eigenvalue weighted by Crippen LogP contribution is -2.67. The number of carbonyl (C=O) groups excluding carboxylic acids is 1. The Labute approximate surface area is 171 Å². The topological polar surface area (TPSA) is 112 Å². The van der Waals surface area contributed by atoms with Gasteiger partial charge in [0, 0.05) is 37.2 Å². The van der Waals surface area contributed by atoms with Crippen molar-refractivity contribution in [3.63, 3.8) is 0 Å². The van der Waals surface area contributed by atoms with Gasteiger partial charge in [0.15, 0.2) is 11.5 Å². The molecule has 3 N–H and O–H groups in total. The van der Waals surface area contributed by atoms with Crippen molar-refractivity contribution in [2.45, 2.75) is 69.9 Å². The summed E-state index contributed by atoms with van der Waals surface area (Å²) in [5.74, 6) is -2.23. The molecular weight excluding hydrogens is 372 g/mol. The van der Waals surface area contributed by atoms with E-state index in [4.69, 9.17) is 4.74 Å². The van der Waals surface area contributed by atoms with Crippen LogP contribution in [0.25, 0.3) is 0 Å². The first-order chi connectivity index (χ1) is 13.5. The van der Waals surface area contributed by atoms with Gasteiger partial charge in [-0.1, -0.05) is 19.1 Å². The summed E-state index contributed by atoms with van der Waals surface area (Å²) < 4.78 is 6.17. The molecule has 160 valence electrons. The minimum Gasteiger partial charge on any atom is -0.392 e. The third kappa shape index (κ3) is 2.54. The fourth-order valence-corrected chi connectivity index (χ4v) is 6.57. The maximum atomic E-state index is 12.9. The summed E-state index contributed by atoms with van der Waals surface area (Å²) in [7, 11) is 0. The van der Waals surface area contributed by atoms with Gasteiger partial charge in [0.05, 0.1) is 17.7 Å². The molecule has 0 bridgehead atoms. The monoisotopic (exact) mass is 404 g/mol. The summed E-state index contributed by atoms with van der Waals surface area (Å²) in [5, 5.41) is 42.9. The Morgan fingerprint density at radius 2 is 1.93 bits per heavy atom. The van der Waals surface area contributed by atoms with Crippen LogP contribution < -0.4 is 0 Å². The molecule has 0 radical (unpaired) electrons. The van der Waals surface area contributed by atoms with E-state index >= 15 is 0 Å². The smallest absolute Gasteiger partial charge is 0.190 e. The molecule has 0 spiro atoms. The van der Waals surface area contributed by atoms with Crippen LogP contribution in [0.1, 0.15) is 47.5 Å². The molecule has 0 amide bonds. The molecule has 4 aliphatic rings. The summed E-state index contributed by atoms with van der Waals surface area (Å²) >= 11 is 0. The van der Waals surface area contributed by atoms with E-state index in [1.54, 1.807) is 13.0 Å². The molecule has 1 unspecified atom stereocenters. The SMILES string of the molecule is CCOC12C[C@@H](C)[C@@]3(O)[C@@H](C=C(CO)C[C@]4(O)C(=O)C(C)=C[C@@H]34)[C@@H]1C(C)(C)N=N2. The van der Waals surface area contributed by atoms with Crippen molar-refractivity contribution >= 4 is 5.78 Å². The Balaban J connectivity index is 1.95. The van der Waals surface area contributed by atoms with Crippen molar-refractivity contribution in [1.82, 2.24) is 0 Å². The molecular formula is C22H32N2O5. The molecule has 0 aromatic rings. The molecule has 1 heterocycles. The maximum absolute atomic E-state index is 12.9. The molecule has 7 heteroatoms. The first-order valence-electron chi connectivity index (χ1n) is 10.5. The van der Waals surface area contributed by atoms with Gasteiger partial charge >= 0.3 is 0 Å². The van der Waals surface area contributed by atoms with Gasteiger partial charge in [-0.05, 0) is 44.8 Å². The Bertz CT molecular complexity index is 833. The van der Waals surface area contributed by atoms with E-state index in [-0.39, 0.29) is 30.6 Å². The van der Waals surface area contributed by atoms with Gasteiger partial charge in [0.2, 0.25) is 0 Å². The lowest BCUT2D eigenvalue weighted by atomic mass is 9.52. The Hall–Kier alpha value is -1.41. The fourth-order valence-electron chi connectivity index (χ4n) is 6.57. The zero-order valence-corrected chi connectivity index (χ0v) is 17.8. The number of hydrogen-bond donors (Lipinski definition) is 3. The van der Waals surface area contributed by atoms with Gasteiger partial charge in [0.25, 0.3) is 0 Å². The summed E-state index contributed by atoms with van der Waals surface area (Å²) in [4.78, 5) is 12.9. The molecule has 0 saturated heterocycles. The van der Waals surface area contributed by atoms with E-state index in [2.05, 4.69) is 10.2 Å². The summed E-state index contributed by atoms with van der Waals surface area (Å²) in [6.45, 7) is 9.65. The molecule has 29 heavy (non-hydrogen) atoms. The highest BCUT2D eigenvalue weighted by Crippen LogP contribution is 2.63. The average Bonchev–Trinajstić information content (AvgIpc) is 2.99. The number of Topliss-reactive ketones (excluding diaryl/α,β-unsaturated/α-hetero) is 1. The van der Waals surface area contributed by atoms with E-state index in [0.717, 1.165) is 0 Å². The van der Waals surface area contributed by atoms with Crippen LogP contribution in [-0.2, 0) is 9.53 Å². The van der Waals surface area contributed by atoms with Crippen molar-refractivity contribution < 1.29 is 24.9 Å². The lowest BCUT2D eigenvalue weighted by molar-refractivity contribution is -0.225. The van der Waals surface area contributed by atoms with E-state index < -0.39 is 34.3 Å². The Morgan fingerprint density at radius 1 is 1.24 bits per heavy atom. The number of rotatable bonds is 3. The number of ketones is 1. The molecule has 1 fully saturated rings. The highest BCUT2D eigenvalue weighted by atomic mass is 16.5. The lowest BCUT2D eigenvalue weighted by Gasteiger charge is -2.57. The quantitative estimate of drug-likeness (QED) is 0.624. The fraction of sp³-hybridized carbons (Fsp3) is 0.773. The molecule has 4 rings (SSSR count). The largest absolute Gasteiger partial charge is 0.392 e. The molecule has 7 nitrogen and oxygen atoms in total. The predicted octanol–water partition coefficient (Wildman–Crippen LogP) is 2.17. The number of aliphatic hydroxyl groups is 3. The standard InChI is InChI=1S/C22H32N2O5/c1-6-29-21-9-13(3)22(28)15(17(21)19(4,5)23-24-21)8-14(11-25)10-20(27)16(22)7-12(2)18(20)26/h7-8,13,15-17,25,27-28H,6,9-11H2,1-5H3/t13-,15+,16-,17-,20-,21?,22-/m1/s1. The van der Waals surface area contributed by atoms with Gasteiger partial charge in [-0.3, -0.25) is 4.79 Å². The zero-order valence-electron chi connectivity index (χ0n) is 17.8. The molecule has 0 aromatic carbocycles. The van der Waals surface area contributed by atoms with Crippen molar-refractivity contribution in [2.75, 3.05) is 13.2 Å². The van der Waals surface area contributed by atoms with Crippen LogP contribution >= 0.6 is 0 Å². The summed E-state index contributed by atoms with van der Waals surface area (Å²) in [5.41, 5.74) is -3.60. The van der Waals surface area contributed by atoms with Crippen LogP contribution in [-0.4, -0.2) is 56.8 Å². The second kappa shape index (κ2) is 6.30. The van der Waals surface area contributed by atoms with Gasteiger partial charge in [-0.2, -0.15) is 10.2 Å². The van der Waals surface area contributed by atoms with Crippen LogP contribution in [0.2, 0.25) is 0 Å². The molecule has 7 atom stereocenters. The minimum absolute atomic E-state index is 0.00936. The average molecular weight is 405 g/mol. The van der Waals surface area contributed by atoms with Crippen LogP contribution in [0.15, 0.2) is 33.5 Å². The first kappa shape index (κ1) is 20.8. The minimum atomic E-state index is -1.75. The number of carbonyl (C=O) groups is 1. The third-order valence-electron chi connectivity index (χ3n) is 7.70. The number of fused-ring (bicyclic) bond motifs is 5. The van der Waals surface area contributed by atoms with Crippen molar-refractivity contribution in [3.05, 3.63) is 23.3 Å². The summed E-state index contributed by atoms with van der Waals surface area (Å²) in [6, 6.07) is 0. The maximum Gasteiger partial charge on any atom is 0.190 e. The second-order valence-corrected chi connectivity index (χ2v) is 9.87. The van der Waals surface area contributed by atoms with Crippen molar-refractivity contribution in [1.29, 1.82) is 0 Å². The number of aliphatic hydroxyl groups excluding tert-OH is 1. The summed E-state index contributed by atoms with van der Waals surface area (Å²) in [6.07, 6.45) is 4.04. The van der Waals surface area contributed by atoms with Crippen LogP contribution in [0.3, 0.4) is 0 Å². The second-order valence-electron chi connectivity index (χ2n) is 9.87. The number of azo groups is 1. The van der Waals surface area contributed by atoms with E-state index in [0.29, 0.717) is 24.2 Å². The van der Waals surface area contributed by atoms with Crippen LogP contribution in [0, 0.1) is 23.7 Å². The van der Waals surface area contributed by atoms with Gasteiger partial charge < -0.3 is 20.1 Å². The highest BCUT2D eigenvalue weighted by molar-refractivity contribution is 6.04. The number of hydrogen-bond acceptors (Lipinski definition) is 7. The van der Waals surface area contributed by atoms with Crippen molar-refractivity contribution in [3.8, 4) is 0 Å². The van der Waals surface area contributed by atoms with Gasteiger partial charge in [-0.15, -0.1) is 0 Å². The zero-order chi connectivity index (χ0) is 21.4. The number of ether oxygens (including phenoxy) is 1. The predicted molar refractivity (Wildman–Crippen MR) is 106 cm³/mol. The van der Waals surface area contributed by atoms with E-state index in [9.17, 15) is 20.1 Å². The van der Waals surface area contributed by atoms with Crippen molar-refractivity contribution in [2.24, 2.45) is 33.9 Å². The van der Waals surface area contributed by atoms with Crippen LogP contribution in [0.4, 0.5) is 0 Å². The molecule has 3 aliphatic carbocycles.